The second kappa shape index (κ2) is 5.51. The maximum Gasteiger partial charge on any atom is 0.0375 e. The molecule has 0 radical (unpaired) electrons. The quantitative estimate of drug-likeness (QED) is 0.878. The highest BCUT2D eigenvalue weighted by molar-refractivity contribution is 5.56. The van der Waals surface area contributed by atoms with Gasteiger partial charge in [0.1, 0.15) is 0 Å². The first-order chi connectivity index (χ1) is 9.24. The third-order valence-electron chi connectivity index (χ3n) is 4.53. The summed E-state index contributed by atoms with van der Waals surface area (Å²) in [7, 11) is 2.22. The van der Waals surface area contributed by atoms with Crippen LogP contribution in [0.4, 0.5) is 5.69 Å². The van der Waals surface area contributed by atoms with Gasteiger partial charge >= 0.3 is 0 Å². The minimum Gasteiger partial charge on any atom is -0.385 e. The third-order valence-corrected chi connectivity index (χ3v) is 4.53. The fraction of sp³-hybridized carbons (Fsp3) is 0.625. The Labute approximate surface area is 116 Å². The average molecular weight is 259 g/mol. The van der Waals surface area contributed by atoms with Crippen LogP contribution in [0.15, 0.2) is 18.2 Å². The van der Waals surface area contributed by atoms with Crippen molar-refractivity contribution in [1.82, 2.24) is 9.80 Å². The van der Waals surface area contributed by atoms with Gasteiger partial charge in [0, 0.05) is 44.5 Å². The molecule has 0 aromatic heterocycles. The van der Waals surface area contributed by atoms with Gasteiger partial charge in [-0.1, -0.05) is 12.1 Å². The number of nitrogens with one attached hydrogen (secondary N) is 1. The molecule has 2 heterocycles. The lowest BCUT2D eigenvalue weighted by Gasteiger charge is -2.38. The molecule has 1 fully saturated rings. The van der Waals surface area contributed by atoms with Crippen molar-refractivity contribution in [1.29, 1.82) is 0 Å². The minimum absolute atomic E-state index is 0.658. The summed E-state index contributed by atoms with van der Waals surface area (Å²) in [5.74, 6) is 0. The molecule has 1 atom stereocenters. The van der Waals surface area contributed by atoms with Crippen LogP contribution in [0.5, 0.6) is 0 Å². The lowest BCUT2D eigenvalue weighted by atomic mass is 9.97. The van der Waals surface area contributed by atoms with E-state index in [2.05, 4.69) is 47.3 Å². The van der Waals surface area contributed by atoms with E-state index in [1.807, 2.05) is 0 Å². The highest BCUT2D eigenvalue weighted by atomic mass is 15.3. The molecule has 1 aromatic rings. The SMILES string of the molecule is CC1CN(C)CCN1Cc1cccc2c1CCCN2. The average Bonchev–Trinajstić information content (AvgIpc) is 2.42. The number of piperazine rings is 1. The summed E-state index contributed by atoms with van der Waals surface area (Å²) in [6, 6.07) is 7.40. The number of rotatable bonds is 2. The van der Waals surface area contributed by atoms with Crippen LogP contribution in [0.3, 0.4) is 0 Å². The molecule has 1 saturated heterocycles. The van der Waals surface area contributed by atoms with Crippen molar-refractivity contribution in [3.05, 3.63) is 29.3 Å². The summed E-state index contributed by atoms with van der Waals surface area (Å²) >= 11 is 0. The van der Waals surface area contributed by atoms with Crippen molar-refractivity contribution in [3.63, 3.8) is 0 Å². The summed E-state index contributed by atoms with van der Waals surface area (Å²) in [5, 5.41) is 3.53. The van der Waals surface area contributed by atoms with Crippen LogP contribution < -0.4 is 5.32 Å². The molecule has 0 spiro atoms. The second-order valence-electron chi connectivity index (χ2n) is 6.06. The molecular formula is C16H25N3. The van der Waals surface area contributed by atoms with Gasteiger partial charge in [0.15, 0.2) is 0 Å². The largest absolute Gasteiger partial charge is 0.385 e. The molecule has 0 aliphatic carbocycles. The second-order valence-corrected chi connectivity index (χ2v) is 6.06. The molecule has 1 aromatic carbocycles. The maximum atomic E-state index is 3.53. The van der Waals surface area contributed by atoms with Gasteiger partial charge in [-0.25, -0.2) is 0 Å². The molecule has 0 saturated carbocycles. The number of benzene rings is 1. The maximum absolute atomic E-state index is 3.53. The smallest absolute Gasteiger partial charge is 0.0375 e. The lowest BCUT2D eigenvalue weighted by molar-refractivity contribution is 0.0936. The van der Waals surface area contributed by atoms with E-state index in [1.165, 1.54) is 43.7 Å². The molecule has 3 heteroatoms. The summed E-state index contributed by atoms with van der Waals surface area (Å²) in [6.45, 7) is 8.16. The summed E-state index contributed by atoms with van der Waals surface area (Å²) < 4.78 is 0. The number of anilines is 1. The number of hydrogen-bond acceptors (Lipinski definition) is 3. The molecule has 1 N–H and O–H groups in total. The van der Waals surface area contributed by atoms with Gasteiger partial charge in [0.2, 0.25) is 0 Å². The van der Waals surface area contributed by atoms with Crippen molar-refractivity contribution < 1.29 is 0 Å². The van der Waals surface area contributed by atoms with E-state index < -0.39 is 0 Å². The fourth-order valence-electron chi connectivity index (χ4n) is 3.36. The summed E-state index contributed by atoms with van der Waals surface area (Å²) in [6.07, 6.45) is 2.50. The molecule has 104 valence electrons. The van der Waals surface area contributed by atoms with E-state index in [-0.39, 0.29) is 0 Å². The first kappa shape index (κ1) is 12.9. The van der Waals surface area contributed by atoms with Crippen molar-refractivity contribution in [2.24, 2.45) is 0 Å². The topological polar surface area (TPSA) is 18.5 Å². The van der Waals surface area contributed by atoms with E-state index in [1.54, 1.807) is 5.56 Å². The summed E-state index contributed by atoms with van der Waals surface area (Å²) in [4.78, 5) is 5.06. The first-order valence-electron chi connectivity index (χ1n) is 7.51. The standard InChI is InChI=1S/C16H25N3/c1-13-11-18(2)9-10-19(13)12-14-5-3-7-16-15(14)6-4-8-17-16/h3,5,7,13,17H,4,6,8-12H2,1-2H3. The van der Waals surface area contributed by atoms with Crippen molar-refractivity contribution in [2.75, 3.05) is 38.5 Å². The lowest BCUT2D eigenvalue weighted by Crippen LogP contribution is -2.49. The van der Waals surface area contributed by atoms with E-state index in [0.29, 0.717) is 6.04 Å². The van der Waals surface area contributed by atoms with Gasteiger partial charge in [0.05, 0.1) is 0 Å². The molecule has 3 rings (SSSR count). The van der Waals surface area contributed by atoms with Gasteiger partial charge < -0.3 is 10.2 Å². The van der Waals surface area contributed by atoms with Crippen molar-refractivity contribution >= 4 is 5.69 Å². The van der Waals surface area contributed by atoms with Crippen LogP contribution in [-0.4, -0.2) is 49.1 Å². The number of likely N-dealkylation sites (N-methyl/N-ethyl adjacent to an activating group) is 1. The normalized spacial score (nSPS) is 24.8. The molecular weight excluding hydrogens is 234 g/mol. The Kier molecular flexibility index (Phi) is 3.76. The monoisotopic (exact) mass is 259 g/mol. The highest BCUT2D eigenvalue weighted by Gasteiger charge is 2.23. The Hall–Kier alpha value is -1.06. The third kappa shape index (κ3) is 2.77. The molecule has 0 bridgehead atoms. The van der Waals surface area contributed by atoms with Gasteiger partial charge in [-0.15, -0.1) is 0 Å². The molecule has 2 aliphatic heterocycles. The Morgan fingerprint density at radius 3 is 3.05 bits per heavy atom. The van der Waals surface area contributed by atoms with Crippen LogP contribution in [-0.2, 0) is 13.0 Å². The highest BCUT2D eigenvalue weighted by Crippen LogP contribution is 2.27. The zero-order valence-electron chi connectivity index (χ0n) is 12.2. The Morgan fingerprint density at radius 1 is 1.32 bits per heavy atom. The number of fused-ring (bicyclic) bond motifs is 1. The van der Waals surface area contributed by atoms with Crippen LogP contribution in [0.2, 0.25) is 0 Å². The number of nitrogens with zero attached hydrogens (tertiary/aromatic N) is 2. The van der Waals surface area contributed by atoms with Crippen LogP contribution >= 0.6 is 0 Å². The van der Waals surface area contributed by atoms with Crippen LogP contribution in [0, 0.1) is 0 Å². The van der Waals surface area contributed by atoms with Gasteiger partial charge in [-0.2, -0.15) is 0 Å². The zero-order chi connectivity index (χ0) is 13.2. The predicted molar refractivity (Wildman–Crippen MR) is 80.6 cm³/mol. The fourth-order valence-corrected chi connectivity index (χ4v) is 3.36. The summed E-state index contributed by atoms with van der Waals surface area (Å²) in [5.41, 5.74) is 4.45. The molecule has 2 aliphatic rings. The van der Waals surface area contributed by atoms with Crippen LogP contribution in [0.25, 0.3) is 0 Å². The molecule has 3 nitrogen and oxygen atoms in total. The van der Waals surface area contributed by atoms with Gasteiger partial charge in [-0.3, -0.25) is 4.90 Å². The number of hydrogen-bond donors (Lipinski definition) is 1. The molecule has 0 amide bonds. The predicted octanol–water partition coefficient (Wildman–Crippen LogP) is 2.18. The van der Waals surface area contributed by atoms with Crippen molar-refractivity contribution in [3.8, 4) is 0 Å². The molecule has 1 unspecified atom stereocenters. The van der Waals surface area contributed by atoms with E-state index in [9.17, 15) is 0 Å². The molecule has 19 heavy (non-hydrogen) atoms. The van der Waals surface area contributed by atoms with E-state index in [4.69, 9.17) is 0 Å². The first-order valence-corrected chi connectivity index (χ1v) is 7.51. The van der Waals surface area contributed by atoms with Gasteiger partial charge in [0.25, 0.3) is 0 Å². The van der Waals surface area contributed by atoms with Crippen LogP contribution in [0.1, 0.15) is 24.5 Å². The zero-order valence-corrected chi connectivity index (χ0v) is 12.2. The Morgan fingerprint density at radius 2 is 2.21 bits per heavy atom. The van der Waals surface area contributed by atoms with E-state index >= 15 is 0 Å². The Bertz CT molecular complexity index is 444. The van der Waals surface area contributed by atoms with Crippen molar-refractivity contribution in [2.45, 2.75) is 32.4 Å². The van der Waals surface area contributed by atoms with E-state index in [0.717, 1.165) is 13.1 Å². The van der Waals surface area contributed by atoms with Gasteiger partial charge in [-0.05, 0) is 44.0 Å². The minimum atomic E-state index is 0.658. The Balaban J connectivity index is 1.76.